The largest absolute Gasteiger partial charge is 0.396 e. The highest BCUT2D eigenvalue weighted by Gasteiger charge is 2.17. The molecule has 0 aliphatic carbocycles. The lowest BCUT2D eigenvalue weighted by atomic mass is 9.99. The third-order valence-corrected chi connectivity index (χ3v) is 2.06. The molecule has 0 aliphatic rings. The van der Waals surface area contributed by atoms with E-state index in [2.05, 4.69) is 0 Å². The van der Waals surface area contributed by atoms with Gasteiger partial charge in [0.1, 0.15) is 5.60 Å². The first-order valence-electron chi connectivity index (χ1n) is 4.87. The van der Waals surface area contributed by atoms with Crippen molar-refractivity contribution in [3.8, 4) is 6.07 Å². The van der Waals surface area contributed by atoms with Gasteiger partial charge in [0.2, 0.25) is 0 Å². The quantitative estimate of drug-likeness (QED) is 0.467. The van der Waals surface area contributed by atoms with Crippen LogP contribution in [0.1, 0.15) is 45.4 Å². The minimum absolute atomic E-state index is 0.260. The Morgan fingerprint density at radius 2 is 1.69 bits per heavy atom. The number of hydrogen-bond acceptors (Lipinski definition) is 3. The summed E-state index contributed by atoms with van der Waals surface area (Å²) in [6.07, 6.45) is 5.41. The molecule has 0 rings (SSSR count). The molecule has 0 bridgehead atoms. The average Bonchev–Trinajstić information content (AvgIpc) is 2.11. The molecule has 0 saturated heterocycles. The van der Waals surface area contributed by atoms with Gasteiger partial charge in [-0.2, -0.15) is 5.26 Å². The van der Waals surface area contributed by atoms with Crippen molar-refractivity contribution in [2.75, 3.05) is 6.61 Å². The fourth-order valence-corrected chi connectivity index (χ4v) is 1.17. The van der Waals surface area contributed by atoms with Gasteiger partial charge in [-0.25, -0.2) is 0 Å². The molecule has 3 heteroatoms. The van der Waals surface area contributed by atoms with Crippen molar-refractivity contribution in [3.05, 3.63) is 0 Å². The van der Waals surface area contributed by atoms with E-state index in [0.29, 0.717) is 6.42 Å². The molecule has 2 N–H and O–H groups in total. The molecule has 0 radical (unpaired) electrons. The molecule has 0 spiro atoms. The molecule has 3 nitrogen and oxygen atoms in total. The fraction of sp³-hybridized carbons (Fsp3) is 0.900. The SMILES string of the molecule is CC(O)(C#N)CCCCCCCO. The topological polar surface area (TPSA) is 64.2 Å². The highest BCUT2D eigenvalue weighted by Crippen LogP contribution is 2.14. The Labute approximate surface area is 80.0 Å². The van der Waals surface area contributed by atoms with Crippen LogP contribution in [0.5, 0.6) is 0 Å². The third kappa shape index (κ3) is 7.76. The number of nitrogens with zero attached hydrogens (tertiary/aromatic N) is 1. The summed E-state index contributed by atoms with van der Waals surface area (Å²) >= 11 is 0. The maximum absolute atomic E-state index is 9.32. The highest BCUT2D eigenvalue weighted by atomic mass is 16.3. The van der Waals surface area contributed by atoms with E-state index in [9.17, 15) is 5.11 Å². The molecule has 0 aromatic heterocycles. The van der Waals surface area contributed by atoms with Crippen LogP contribution >= 0.6 is 0 Å². The van der Waals surface area contributed by atoms with Crippen molar-refractivity contribution >= 4 is 0 Å². The second kappa shape index (κ2) is 6.88. The second-order valence-corrected chi connectivity index (χ2v) is 3.63. The monoisotopic (exact) mass is 185 g/mol. The van der Waals surface area contributed by atoms with Crippen molar-refractivity contribution in [2.45, 2.75) is 51.0 Å². The standard InChI is InChI=1S/C10H19NO2/c1-10(13,9-11)7-5-3-2-4-6-8-12/h12-13H,2-8H2,1H3. The van der Waals surface area contributed by atoms with Gasteiger partial charge in [-0.1, -0.05) is 19.3 Å². The van der Waals surface area contributed by atoms with Gasteiger partial charge in [0.05, 0.1) is 6.07 Å². The molecule has 1 atom stereocenters. The Hall–Kier alpha value is -0.590. The minimum atomic E-state index is -1.16. The molecule has 76 valence electrons. The Morgan fingerprint density at radius 3 is 2.23 bits per heavy atom. The first-order chi connectivity index (χ1) is 6.12. The number of nitriles is 1. The summed E-state index contributed by atoms with van der Waals surface area (Å²) in [7, 11) is 0. The van der Waals surface area contributed by atoms with Gasteiger partial charge in [-0.05, 0) is 26.2 Å². The Balaban J connectivity index is 3.22. The smallest absolute Gasteiger partial charge is 0.148 e. The Bertz CT molecular complexity index is 161. The van der Waals surface area contributed by atoms with E-state index < -0.39 is 5.60 Å². The molecular weight excluding hydrogens is 166 g/mol. The van der Waals surface area contributed by atoms with Crippen LogP contribution in [0.15, 0.2) is 0 Å². The summed E-state index contributed by atoms with van der Waals surface area (Å²) in [6.45, 7) is 1.80. The van der Waals surface area contributed by atoms with Crippen LogP contribution in [0.4, 0.5) is 0 Å². The van der Waals surface area contributed by atoms with Crippen LogP contribution < -0.4 is 0 Å². The van der Waals surface area contributed by atoms with Gasteiger partial charge >= 0.3 is 0 Å². The normalized spacial score (nSPS) is 14.9. The fourth-order valence-electron chi connectivity index (χ4n) is 1.17. The second-order valence-electron chi connectivity index (χ2n) is 3.63. The van der Waals surface area contributed by atoms with Gasteiger partial charge in [0.25, 0.3) is 0 Å². The molecule has 0 aliphatic heterocycles. The van der Waals surface area contributed by atoms with Gasteiger partial charge in [0, 0.05) is 6.61 Å². The molecular formula is C10H19NO2. The average molecular weight is 185 g/mol. The number of aliphatic hydroxyl groups excluding tert-OH is 1. The minimum Gasteiger partial charge on any atom is -0.396 e. The van der Waals surface area contributed by atoms with Crippen LogP contribution in [0, 0.1) is 11.3 Å². The lowest BCUT2D eigenvalue weighted by molar-refractivity contribution is 0.106. The van der Waals surface area contributed by atoms with Crippen molar-refractivity contribution in [1.29, 1.82) is 5.26 Å². The Morgan fingerprint density at radius 1 is 1.15 bits per heavy atom. The molecule has 0 heterocycles. The summed E-state index contributed by atoms with van der Waals surface area (Å²) in [5, 5.41) is 26.3. The van der Waals surface area contributed by atoms with E-state index in [-0.39, 0.29) is 6.61 Å². The molecule has 0 fully saturated rings. The molecule has 13 heavy (non-hydrogen) atoms. The zero-order chi connectivity index (χ0) is 10.2. The predicted octanol–water partition coefficient (Wildman–Crippen LogP) is 1.59. The molecule has 0 aromatic rings. The third-order valence-electron chi connectivity index (χ3n) is 2.06. The van der Waals surface area contributed by atoms with Crippen molar-refractivity contribution in [1.82, 2.24) is 0 Å². The van der Waals surface area contributed by atoms with Crippen molar-refractivity contribution < 1.29 is 10.2 Å². The van der Waals surface area contributed by atoms with Crippen LogP contribution in [-0.2, 0) is 0 Å². The van der Waals surface area contributed by atoms with E-state index in [1.807, 2.05) is 6.07 Å². The first kappa shape index (κ1) is 12.4. The maximum atomic E-state index is 9.32. The number of unbranched alkanes of at least 4 members (excludes halogenated alkanes) is 4. The molecule has 1 unspecified atom stereocenters. The van der Waals surface area contributed by atoms with E-state index >= 15 is 0 Å². The van der Waals surface area contributed by atoms with Crippen LogP contribution in [-0.4, -0.2) is 22.4 Å². The highest BCUT2D eigenvalue weighted by molar-refractivity contribution is 4.95. The van der Waals surface area contributed by atoms with Crippen LogP contribution in [0.3, 0.4) is 0 Å². The zero-order valence-corrected chi connectivity index (χ0v) is 8.29. The molecule has 0 aromatic carbocycles. The number of rotatable bonds is 7. The van der Waals surface area contributed by atoms with Crippen molar-refractivity contribution in [2.24, 2.45) is 0 Å². The van der Waals surface area contributed by atoms with Crippen molar-refractivity contribution in [3.63, 3.8) is 0 Å². The maximum Gasteiger partial charge on any atom is 0.148 e. The summed E-state index contributed by atoms with van der Waals surface area (Å²) in [4.78, 5) is 0. The lowest BCUT2D eigenvalue weighted by Crippen LogP contribution is -2.20. The zero-order valence-electron chi connectivity index (χ0n) is 8.29. The van der Waals surface area contributed by atoms with E-state index in [1.54, 1.807) is 6.92 Å². The Kier molecular flexibility index (Phi) is 6.56. The lowest BCUT2D eigenvalue weighted by Gasteiger charge is -2.12. The van der Waals surface area contributed by atoms with Gasteiger partial charge in [0.15, 0.2) is 0 Å². The van der Waals surface area contributed by atoms with Crippen LogP contribution in [0.25, 0.3) is 0 Å². The van der Waals surface area contributed by atoms with Gasteiger partial charge < -0.3 is 10.2 Å². The molecule has 0 amide bonds. The van der Waals surface area contributed by atoms with Crippen LogP contribution in [0.2, 0.25) is 0 Å². The predicted molar refractivity (Wildman–Crippen MR) is 51.0 cm³/mol. The number of hydrogen-bond donors (Lipinski definition) is 2. The summed E-state index contributed by atoms with van der Waals surface area (Å²) in [6, 6.07) is 1.86. The van der Waals surface area contributed by atoms with E-state index in [4.69, 9.17) is 10.4 Å². The summed E-state index contributed by atoms with van der Waals surface area (Å²) in [5.41, 5.74) is -1.16. The molecule has 0 saturated carbocycles. The van der Waals surface area contributed by atoms with Gasteiger partial charge in [-0.15, -0.1) is 0 Å². The van der Waals surface area contributed by atoms with Gasteiger partial charge in [-0.3, -0.25) is 0 Å². The summed E-state index contributed by atoms with van der Waals surface area (Å²) < 4.78 is 0. The first-order valence-corrected chi connectivity index (χ1v) is 4.87. The van der Waals surface area contributed by atoms with E-state index in [1.165, 1.54) is 0 Å². The van der Waals surface area contributed by atoms with E-state index in [0.717, 1.165) is 32.1 Å². The number of aliphatic hydroxyl groups is 2. The summed E-state index contributed by atoms with van der Waals surface area (Å²) in [5.74, 6) is 0.